The van der Waals surface area contributed by atoms with Crippen LogP contribution in [-0.2, 0) is 20.8 Å². The van der Waals surface area contributed by atoms with Crippen LogP contribution in [-0.4, -0.2) is 58.6 Å². The highest BCUT2D eigenvalue weighted by atomic mass is 16.7. The van der Waals surface area contributed by atoms with Crippen molar-refractivity contribution >= 4 is 5.97 Å². The van der Waals surface area contributed by atoms with Crippen LogP contribution in [0, 0.1) is 6.92 Å². The van der Waals surface area contributed by atoms with Gasteiger partial charge in [-0.25, -0.2) is 4.79 Å². The standard InChI is InChI=1S/C21H24O7/c1-13-7-9-15(10-8-13)20(25)28-19-18(24)17(23)16(11-22)27-21(19)26-12-14-5-3-2-4-6-14/h2-10,16-19,21-24H,11-12H2,1H3/t16-,17+,18+,19-,21-/m1/s1. The second kappa shape index (κ2) is 9.27. The van der Waals surface area contributed by atoms with Crippen molar-refractivity contribution in [1.29, 1.82) is 0 Å². The lowest BCUT2D eigenvalue weighted by molar-refractivity contribution is -0.303. The van der Waals surface area contributed by atoms with Gasteiger partial charge in [-0.2, -0.15) is 0 Å². The summed E-state index contributed by atoms with van der Waals surface area (Å²) in [5, 5.41) is 30.0. The Morgan fingerprint density at radius 2 is 1.71 bits per heavy atom. The van der Waals surface area contributed by atoms with Crippen molar-refractivity contribution in [2.24, 2.45) is 0 Å². The molecule has 0 amide bonds. The second-order valence-corrected chi connectivity index (χ2v) is 6.74. The summed E-state index contributed by atoms with van der Waals surface area (Å²) in [7, 11) is 0. The average Bonchev–Trinajstić information content (AvgIpc) is 2.72. The number of aryl methyl sites for hydroxylation is 1. The first-order valence-corrected chi connectivity index (χ1v) is 9.05. The quantitative estimate of drug-likeness (QED) is 0.638. The summed E-state index contributed by atoms with van der Waals surface area (Å²) in [6.07, 6.45) is -6.34. The molecule has 0 radical (unpaired) electrons. The van der Waals surface area contributed by atoms with Gasteiger partial charge in [-0.1, -0.05) is 48.0 Å². The van der Waals surface area contributed by atoms with E-state index in [9.17, 15) is 20.1 Å². The summed E-state index contributed by atoms with van der Waals surface area (Å²) in [5.41, 5.74) is 2.15. The van der Waals surface area contributed by atoms with Crippen LogP contribution < -0.4 is 0 Å². The maximum absolute atomic E-state index is 12.5. The first-order valence-electron chi connectivity index (χ1n) is 9.05. The van der Waals surface area contributed by atoms with E-state index in [1.54, 1.807) is 24.3 Å². The number of esters is 1. The Balaban J connectivity index is 1.74. The molecule has 0 aliphatic carbocycles. The summed E-state index contributed by atoms with van der Waals surface area (Å²) >= 11 is 0. The van der Waals surface area contributed by atoms with Gasteiger partial charge in [-0.3, -0.25) is 0 Å². The number of hydrogen-bond donors (Lipinski definition) is 3. The lowest BCUT2D eigenvalue weighted by Crippen LogP contribution is -2.60. The zero-order valence-corrected chi connectivity index (χ0v) is 15.5. The molecule has 1 aliphatic rings. The Hall–Kier alpha value is -2.29. The van der Waals surface area contributed by atoms with Crippen LogP contribution >= 0.6 is 0 Å². The molecule has 7 nitrogen and oxygen atoms in total. The van der Waals surface area contributed by atoms with E-state index >= 15 is 0 Å². The molecule has 0 saturated carbocycles. The summed E-state index contributed by atoms with van der Waals surface area (Å²) < 4.78 is 16.7. The van der Waals surface area contributed by atoms with E-state index in [1.165, 1.54) is 0 Å². The predicted octanol–water partition coefficient (Wildman–Crippen LogP) is 1.18. The third kappa shape index (κ3) is 4.76. The molecule has 5 atom stereocenters. The molecule has 3 rings (SSSR count). The number of ether oxygens (including phenoxy) is 3. The van der Waals surface area contributed by atoms with E-state index in [1.807, 2.05) is 37.3 Å². The van der Waals surface area contributed by atoms with Gasteiger partial charge in [-0.15, -0.1) is 0 Å². The predicted molar refractivity (Wildman–Crippen MR) is 99.4 cm³/mol. The first-order chi connectivity index (χ1) is 13.5. The fraction of sp³-hybridized carbons (Fsp3) is 0.381. The van der Waals surface area contributed by atoms with Gasteiger partial charge in [0.2, 0.25) is 0 Å². The number of hydrogen-bond acceptors (Lipinski definition) is 7. The summed E-state index contributed by atoms with van der Waals surface area (Å²) in [6, 6.07) is 16.0. The van der Waals surface area contributed by atoms with Gasteiger partial charge in [0.25, 0.3) is 0 Å². The smallest absolute Gasteiger partial charge is 0.338 e. The maximum atomic E-state index is 12.5. The number of carbonyl (C=O) groups is 1. The Labute approximate surface area is 163 Å². The van der Waals surface area contributed by atoms with E-state index < -0.39 is 43.3 Å². The van der Waals surface area contributed by atoms with Gasteiger partial charge in [0, 0.05) is 0 Å². The van der Waals surface area contributed by atoms with Gasteiger partial charge in [0.15, 0.2) is 12.4 Å². The molecule has 150 valence electrons. The van der Waals surface area contributed by atoms with Crippen molar-refractivity contribution in [3.8, 4) is 0 Å². The zero-order valence-electron chi connectivity index (χ0n) is 15.5. The largest absolute Gasteiger partial charge is 0.450 e. The van der Waals surface area contributed by atoms with Crippen LogP contribution in [0.4, 0.5) is 0 Å². The van der Waals surface area contributed by atoms with Crippen LogP contribution in [0.3, 0.4) is 0 Å². The van der Waals surface area contributed by atoms with E-state index in [4.69, 9.17) is 14.2 Å². The molecule has 2 aromatic carbocycles. The van der Waals surface area contributed by atoms with Crippen molar-refractivity contribution in [1.82, 2.24) is 0 Å². The molecule has 1 fully saturated rings. The lowest BCUT2D eigenvalue weighted by atomic mass is 9.99. The molecule has 0 aromatic heterocycles. The molecule has 0 unspecified atom stereocenters. The number of benzene rings is 2. The highest BCUT2D eigenvalue weighted by molar-refractivity contribution is 5.89. The monoisotopic (exact) mass is 388 g/mol. The number of rotatable bonds is 6. The molecule has 1 aliphatic heterocycles. The molecule has 3 N–H and O–H groups in total. The minimum Gasteiger partial charge on any atom is -0.450 e. The van der Waals surface area contributed by atoms with Gasteiger partial charge in [0.1, 0.15) is 18.3 Å². The summed E-state index contributed by atoms with van der Waals surface area (Å²) in [4.78, 5) is 12.5. The van der Waals surface area contributed by atoms with E-state index in [0.717, 1.165) is 11.1 Å². The number of carbonyl (C=O) groups excluding carboxylic acids is 1. The van der Waals surface area contributed by atoms with E-state index in [-0.39, 0.29) is 6.61 Å². The molecule has 0 spiro atoms. The fourth-order valence-electron chi connectivity index (χ4n) is 2.95. The molecule has 2 aromatic rings. The Bertz CT molecular complexity index is 762. The van der Waals surface area contributed by atoms with Crippen LogP contribution in [0.25, 0.3) is 0 Å². The lowest BCUT2D eigenvalue weighted by Gasteiger charge is -2.41. The minimum atomic E-state index is -1.47. The number of aliphatic hydroxyl groups is 3. The molecule has 0 bridgehead atoms. The third-order valence-electron chi connectivity index (χ3n) is 4.61. The van der Waals surface area contributed by atoms with Crippen LogP contribution in [0.15, 0.2) is 54.6 Å². The van der Waals surface area contributed by atoms with Crippen LogP contribution in [0.5, 0.6) is 0 Å². The van der Waals surface area contributed by atoms with Gasteiger partial charge in [-0.05, 0) is 24.6 Å². The third-order valence-corrected chi connectivity index (χ3v) is 4.61. The molecule has 1 saturated heterocycles. The first kappa shape index (κ1) is 20.4. The van der Waals surface area contributed by atoms with Crippen LogP contribution in [0.1, 0.15) is 21.5 Å². The molecule has 28 heavy (non-hydrogen) atoms. The Morgan fingerprint density at radius 1 is 1.04 bits per heavy atom. The summed E-state index contributed by atoms with van der Waals surface area (Å²) in [6.45, 7) is 1.53. The van der Waals surface area contributed by atoms with Crippen molar-refractivity contribution < 1.29 is 34.3 Å². The van der Waals surface area contributed by atoms with Crippen LogP contribution in [0.2, 0.25) is 0 Å². The fourth-order valence-corrected chi connectivity index (χ4v) is 2.95. The van der Waals surface area contributed by atoms with Gasteiger partial charge < -0.3 is 29.5 Å². The average molecular weight is 388 g/mol. The van der Waals surface area contributed by atoms with Crippen molar-refractivity contribution in [2.75, 3.05) is 6.61 Å². The topological polar surface area (TPSA) is 105 Å². The van der Waals surface area contributed by atoms with E-state index in [2.05, 4.69) is 0 Å². The molecular formula is C21H24O7. The highest BCUT2D eigenvalue weighted by Crippen LogP contribution is 2.26. The number of aliphatic hydroxyl groups excluding tert-OH is 3. The van der Waals surface area contributed by atoms with E-state index in [0.29, 0.717) is 5.56 Å². The Morgan fingerprint density at radius 3 is 2.36 bits per heavy atom. The maximum Gasteiger partial charge on any atom is 0.338 e. The summed E-state index contributed by atoms with van der Waals surface area (Å²) in [5.74, 6) is -0.671. The second-order valence-electron chi connectivity index (χ2n) is 6.74. The van der Waals surface area contributed by atoms with Gasteiger partial charge >= 0.3 is 5.97 Å². The molecule has 1 heterocycles. The minimum absolute atomic E-state index is 0.144. The van der Waals surface area contributed by atoms with Crippen molar-refractivity contribution in [3.63, 3.8) is 0 Å². The van der Waals surface area contributed by atoms with Crippen molar-refractivity contribution in [2.45, 2.75) is 44.2 Å². The highest BCUT2D eigenvalue weighted by Gasteiger charge is 2.47. The zero-order chi connectivity index (χ0) is 20.1. The van der Waals surface area contributed by atoms with Gasteiger partial charge in [0.05, 0.1) is 18.8 Å². The molecule has 7 heteroatoms. The van der Waals surface area contributed by atoms with Crippen molar-refractivity contribution in [3.05, 3.63) is 71.3 Å². The molecular weight excluding hydrogens is 364 g/mol. The normalized spacial score (nSPS) is 27.4. The Kier molecular flexibility index (Phi) is 6.77. The SMILES string of the molecule is Cc1ccc(C(=O)O[C@H]2[C@H](OCc3ccccc3)O[C@H](CO)[C@H](O)[C@@H]2O)cc1.